The van der Waals surface area contributed by atoms with Crippen LogP contribution in [0.25, 0.3) is 0 Å². The lowest BCUT2D eigenvalue weighted by molar-refractivity contribution is -0.133. The van der Waals surface area contributed by atoms with Crippen molar-refractivity contribution in [1.29, 1.82) is 0 Å². The quantitative estimate of drug-likeness (QED) is 0.575. The third-order valence-electron chi connectivity index (χ3n) is 5.32. The van der Waals surface area contributed by atoms with Gasteiger partial charge in [-0.3, -0.25) is 4.79 Å². The number of nitrogens with one attached hydrogen (secondary N) is 1. The lowest BCUT2D eigenvalue weighted by Gasteiger charge is -2.36. The molecule has 0 atom stereocenters. The van der Waals surface area contributed by atoms with E-state index in [0.717, 1.165) is 24.5 Å². The molecule has 33 heavy (non-hydrogen) atoms. The van der Waals surface area contributed by atoms with Gasteiger partial charge in [-0.1, -0.05) is 25.4 Å². The highest BCUT2D eigenvalue weighted by Gasteiger charge is 2.22. The van der Waals surface area contributed by atoms with Crippen LogP contribution in [0.2, 0.25) is 5.02 Å². The van der Waals surface area contributed by atoms with Gasteiger partial charge < -0.3 is 19.3 Å². The summed E-state index contributed by atoms with van der Waals surface area (Å²) in [7, 11) is -2.02. The molecule has 1 N–H and O–H groups in total. The van der Waals surface area contributed by atoms with E-state index in [2.05, 4.69) is 9.62 Å². The first-order valence-corrected chi connectivity index (χ1v) is 12.6. The Balaban J connectivity index is 1.51. The second-order valence-electron chi connectivity index (χ2n) is 8.19. The number of hydrogen-bond donors (Lipinski definition) is 1. The number of sulfonamides is 1. The first-order chi connectivity index (χ1) is 15.7. The molecule has 0 aliphatic carbocycles. The third-order valence-corrected chi connectivity index (χ3v) is 7.03. The molecule has 1 saturated heterocycles. The van der Waals surface area contributed by atoms with E-state index in [4.69, 9.17) is 21.1 Å². The normalized spacial score (nSPS) is 14.5. The number of benzene rings is 2. The highest BCUT2D eigenvalue weighted by molar-refractivity contribution is 7.89. The smallest absolute Gasteiger partial charge is 0.260 e. The van der Waals surface area contributed by atoms with Gasteiger partial charge >= 0.3 is 0 Å². The molecule has 1 aliphatic heterocycles. The zero-order chi connectivity index (χ0) is 24.0. The molecule has 8 nitrogen and oxygen atoms in total. The second kappa shape index (κ2) is 11.1. The first kappa shape index (κ1) is 25.1. The molecular formula is C23H30ClN3O5S. The molecule has 1 amide bonds. The van der Waals surface area contributed by atoms with Gasteiger partial charge in [-0.05, 0) is 48.4 Å². The van der Waals surface area contributed by atoms with Crippen molar-refractivity contribution in [3.8, 4) is 11.5 Å². The van der Waals surface area contributed by atoms with Gasteiger partial charge in [-0.15, -0.1) is 0 Å². The van der Waals surface area contributed by atoms with Crippen molar-refractivity contribution in [2.75, 3.05) is 51.3 Å². The predicted octanol–water partition coefficient (Wildman–Crippen LogP) is 3.01. The Morgan fingerprint density at radius 2 is 1.76 bits per heavy atom. The molecule has 0 radical (unpaired) electrons. The minimum absolute atomic E-state index is 0.0569. The molecular weight excluding hydrogens is 466 g/mol. The van der Waals surface area contributed by atoms with Gasteiger partial charge in [0.15, 0.2) is 6.61 Å². The fraction of sp³-hybridized carbons (Fsp3) is 0.435. The summed E-state index contributed by atoms with van der Waals surface area (Å²) in [6.07, 6.45) is 0. The Bertz CT molecular complexity index is 1050. The Hall–Kier alpha value is -2.49. The monoisotopic (exact) mass is 495 g/mol. The van der Waals surface area contributed by atoms with Crippen molar-refractivity contribution < 1.29 is 22.7 Å². The van der Waals surface area contributed by atoms with Crippen molar-refractivity contribution >= 4 is 33.2 Å². The van der Waals surface area contributed by atoms with Crippen LogP contribution in [-0.2, 0) is 14.8 Å². The van der Waals surface area contributed by atoms with Crippen LogP contribution in [0.15, 0.2) is 47.4 Å². The largest absolute Gasteiger partial charge is 0.497 e. The number of piperazine rings is 1. The van der Waals surface area contributed by atoms with Gasteiger partial charge in [-0.2, -0.15) is 0 Å². The summed E-state index contributed by atoms with van der Waals surface area (Å²) in [5.41, 5.74) is 1.09. The van der Waals surface area contributed by atoms with Gasteiger partial charge in [0.1, 0.15) is 11.5 Å². The summed E-state index contributed by atoms with van der Waals surface area (Å²) < 4.78 is 38.0. The van der Waals surface area contributed by atoms with E-state index in [1.54, 1.807) is 12.0 Å². The number of hydrogen-bond acceptors (Lipinski definition) is 6. The molecule has 180 valence electrons. The molecule has 0 aromatic heterocycles. The maximum Gasteiger partial charge on any atom is 0.260 e. The lowest BCUT2D eigenvalue weighted by atomic mass is 10.2. The Labute approximate surface area is 200 Å². The number of anilines is 1. The van der Waals surface area contributed by atoms with E-state index in [1.165, 1.54) is 18.2 Å². The molecule has 10 heteroatoms. The summed E-state index contributed by atoms with van der Waals surface area (Å²) in [6.45, 7) is 6.61. The Morgan fingerprint density at radius 3 is 2.33 bits per heavy atom. The van der Waals surface area contributed by atoms with Gasteiger partial charge in [0.2, 0.25) is 10.0 Å². The van der Waals surface area contributed by atoms with Crippen molar-refractivity contribution in [1.82, 2.24) is 9.62 Å². The maximum absolute atomic E-state index is 12.6. The van der Waals surface area contributed by atoms with Crippen molar-refractivity contribution in [3.05, 3.63) is 47.5 Å². The standard InChI is InChI=1S/C23H30ClN3O5S/c1-17(2)15-25-33(29,30)20-8-9-22(21(24)14-20)32-16-23(28)27-12-10-26(11-13-27)18-4-6-19(31-3)7-5-18/h4-9,14,17,25H,10-13,15-16H2,1-3H3. The van der Waals surface area contributed by atoms with Crippen LogP contribution >= 0.6 is 11.6 Å². The fourth-order valence-corrected chi connectivity index (χ4v) is 4.90. The zero-order valence-electron chi connectivity index (χ0n) is 19.1. The fourth-order valence-electron chi connectivity index (χ4n) is 3.36. The van der Waals surface area contributed by atoms with E-state index in [1.807, 2.05) is 38.1 Å². The van der Waals surface area contributed by atoms with E-state index in [-0.39, 0.29) is 34.1 Å². The number of amides is 1. The molecule has 1 fully saturated rings. The van der Waals surface area contributed by atoms with Crippen LogP contribution in [0.1, 0.15) is 13.8 Å². The van der Waals surface area contributed by atoms with Crippen LogP contribution < -0.4 is 19.1 Å². The summed E-state index contributed by atoms with van der Waals surface area (Å²) in [5.74, 6) is 1.11. The number of rotatable bonds is 9. The number of halogens is 1. The van der Waals surface area contributed by atoms with Crippen LogP contribution in [0, 0.1) is 5.92 Å². The minimum atomic E-state index is -3.65. The van der Waals surface area contributed by atoms with E-state index >= 15 is 0 Å². The molecule has 1 heterocycles. The molecule has 3 rings (SSSR count). The average Bonchev–Trinajstić information content (AvgIpc) is 2.82. The summed E-state index contributed by atoms with van der Waals surface area (Å²) in [5, 5.41) is 0.138. The maximum atomic E-state index is 12.6. The first-order valence-electron chi connectivity index (χ1n) is 10.8. The Kier molecular flexibility index (Phi) is 8.45. The third kappa shape index (κ3) is 6.75. The summed E-state index contributed by atoms with van der Waals surface area (Å²) in [6, 6.07) is 12.1. The SMILES string of the molecule is COc1ccc(N2CCN(C(=O)COc3ccc(S(=O)(=O)NCC(C)C)cc3Cl)CC2)cc1. The molecule has 2 aromatic carbocycles. The van der Waals surface area contributed by atoms with Crippen molar-refractivity contribution in [2.24, 2.45) is 5.92 Å². The van der Waals surface area contributed by atoms with Crippen LogP contribution in [0.4, 0.5) is 5.69 Å². The van der Waals surface area contributed by atoms with Gasteiger partial charge in [0.05, 0.1) is 17.0 Å². The number of methoxy groups -OCH3 is 1. The molecule has 0 spiro atoms. The minimum Gasteiger partial charge on any atom is -0.497 e. The average molecular weight is 496 g/mol. The second-order valence-corrected chi connectivity index (χ2v) is 10.4. The highest BCUT2D eigenvalue weighted by atomic mass is 35.5. The van der Waals surface area contributed by atoms with Crippen LogP contribution in [0.3, 0.4) is 0 Å². The molecule has 0 bridgehead atoms. The number of carbonyl (C=O) groups excluding carboxylic acids is 1. The van der Waals surface area contributed by atoms with Gasteiger partial charge in [0.25, 0.3) is 5.91 Å². The molecule has 0 saturated carbocycles. The predicted molar refractivity (Wildman–Crippen MR) is 129 cm³/mol. The summed E-state index contributed by atoms with van der Waals surface area (Å²) in [4.78, 5) is 16.6. The van der Waals surface area contributed by atoms with E-state index in [0.29, 0.717) is 19.6 Å². The molecule has 0 unspecified atom stereocenters. The lowest BCUT2D eigenvalue weighted by Crippen LogP contribution is -2.50. The van der Waals surface area contributed by atoms with E-state index < -0.39 is 10.0 Å². The molecule has 2 aromatic rings. The van der Waals surface area contributed by atoms with Crippen molar-refractivity contribution in [2.45, 2.75) is 18.7 Å². The topological polar surface area (TPSA) is 88.2 Å². The Morgan fingerprint density at radius 1 is 1.09 bits per heavy atom. The number of ether oxygens (including phenoxy) is 2. The highest BCUT2D eigenvalue weighted by Crippen LogP contribution is 2.27. The zero-order valence-corrected chi connectivity index (χ0v) is 20.7. The number of nitrogens with zero attached hydrogens (tertiary/aromatic N) is 2. The van der Waals surface area contributed by atoms with Crippen molar-refractivity contribution in [3.63, 3.8) is 0 Å². The van der Waals surface area contributed by atoms with Crippen LogP contribution in [-0.4, -0.2) is 65.7 Å². The van der Waals surface area contributed by atoms with E-state index in [9.17, 15) is 13.2 Å². The summed E-state index contributed by atoms with van der Waals surface area (Å²) >= 11 is 6.22. The van der Waals surface area contributed by atoms with Gasteiger partial charge in [0, 0.05) is 38.4 Å². The van der Waals surface area contributed by atoms with Crippen LogP contribution in [0.5, 0.6) is 11.5 Å². The molecule has 1 aliphatic rings. The van der Waals surface area contributed by atoms with Gasteiger partial charge in [-0.25, -0.2) is 13.1 Å². The number of carbonyl (C=O) groups is 1.